The lowest BCUT2D eigenvalue weighted by Crippen LogP contribution is -2.37. The molecular weight excluding hydrogens is 894 g/mol. The molecule has 0 fully saturated rings. The van der Waals surface area contributed by atoms with Gasteiger partial charge in [-0.05, 0) is 64.2 Å². The molecule has 0 aromatic heterocycles. The number of nitrogens with zero attached hydrogens (tertiary/aromatic N) is 1. The van der Waals surface area contributed by atoms with Crippen molar-refractivity contribution in [3.05, 3.63) is 36.5 Å². The van der Waals surface area contributed by atoms with Gasteiger partial charge in [-0.2, -0.15) is 0 Å². The molecule has 412 valence electrons. The molecule has 0 aromatic rings. The minimum atomic E-state index is -4.40. The zero-order valence-corrected chi connectivity index (χ0v) is 47.7. The quantitative estimate of drug-likeness (QED) is 0.0211. The van der Waals surface area contributed by atoms with Crippen LogP contribution in [0.5, 0.6) is 0 Å². The summed E-state index contributed by atoms with van der Waals surface area (Å²) in [6.07, 6.45) is 63.9. The number of carbonyl (C=O) groups is 2. The van der Waals surface area contributed by atoms with Crippen LogP contribution in [0.25, 0.3) is 0 Å². The van der Waals surface area contributed by atoms with Gasteiger partial charge in [-0.1, -0.05) is 243 Å². The van der Waals surface area contributed by atoms with Crippen molar-refractivity contribution in [2.75, 3.05) is 47.5 Å². The van der Waals surface area contributed by atoms with E-state index in [4.69, 9.17) is 18.5 Å². The summed E-state index contributed by atoms with van der Waals surface area (Å²) < 4.78 is 34.5. The number of phosphoric ester groups is 1. The van der Waals surface area contributed by atoms with Crippen molar-refractivity contribution >= 4 is 19.8 Å². The number of phosphoric acid groups is 1. The number of likely N-dealkylation sites (N-methyl/N-ethyl adjacent to an activating group) is 1. The highest BCUT2D eigenvalue weighted by Crippen LogP contribution is 2.43. The lowest BCUT2D eigenvalue weighted by molar-refractivity contribution is -0.870. The molecule has 0 amide bonds. The average molecular weight is 1010 g/mol. The topological polar surface area (TPSA) is 108 Å². The van der Waals surface area contributed by atoms with Crippen molar-refractivity contribution in [2.45, 2.75) is 290 Å². The van der Waals surface area contributed by atoms with Crippen molar-refractivity contribution in [3.63, 3.8) is 0 Å². The number of unbranched alkanes of at least 4 members (excludes halogenated alkanes) is 35. The second kappa shape index (κ2) is 52.1. The van der Waals surface area contributed by atoms with Gasteiger partial charge in [0.1, 0.15) is 19.8 Å². The van der Waals surface area contributed by atoms with Gasteiger partial charge in [0, 0.05) is 12.8 Å². The largest absolute Gasteiger partial charge is 0.472 e. The Morgan fingerprint density at radius 3 is 1.10 bits per heavy atom. The van der Waals surface area contributed by atoms with E-state index in [1.54, 1.807) is 0 Å². The van der Waals surface area contributed by atoms with Gasteiger partial charge >= 0.3 is 19.8 Å². The Hall–Kier alpha value is -1.77. The van der Waals surface area contributed by atoms with Crippen LogP contribution in [0, 0.1) is 0 Å². The molecule has 0 rings (SSSR count). The number of carbonyl (C=O) groups excluding carboxylic acids is 2. The number of rotatable bonds is 55. The molecule has 0 aliphatic carbocycles. The maximum Gasteiger partial charge on any atom is 0.472 e. The van der Waals surface area contributed by atoms with Gasteiger partial charge in [-0.25, -0.2) is 4.57 Å². The van der Waals surface area contributed by atoms with Crippen LogP contribution in [0.3, 0.4) is 0 Å². The molecule has 1 unspecified atom stereocenters. The molecular formula is C60H115NO8P+. The number of ether oxygens (including phenoxy) is 2. The molecule has 0 aliphatic rings. The van der Waals surface area contributed by atoms with Crippen LogP contribution in [0.1, 0.15) is 284 Å². The van der Waals surface area contributed by atoms with Crippen LogP contribution in [-0.2, 0) is 32.7 Å². The summed E-state index contributed by atoms with van der Waals surface area (Å²) in [6.45, 7) is 4.41. The second-order valence-electron chi connectivity index (χ2n) is 21.4. The fourth-order valence-electron chi connectivity index (χ4n) is 8.51. The highest BCUT2D eigenvalue weighted by Gasteiger charge is 2.27. The van der Waals surface area contributed by atoms with Gasteiger partial charge in [0.05, 0.1) is 27.7 Å². The summed E-state index contributed by atoms with van der Waals surface area (Å²) in [5.74, 6) is -0.873. The minimum Gasteiger partial charge on any atom is -0.462 e. The highest BCUT2D eigenvalue weighted by atomic mass is 31.2. The standard InChI is InChI=1S/C60H114NO8P/c1-6-8-10-12-14-16-18-20-22-24-26-28-30-32-34-36-38-40-42-44-46-48-50-52-59(62)66-56-58(57-68-70(64,65)67-55-54-61(3,4)5)69-60(63)53-51-49-47-45-43-41-39-37-35-33-31-29-27-25-23-21-19-17-15-13-11-9-7-2/h36,38,44-47,58H,6-35,37,39-43,48-57H2,1-5H3/p+1/b38-36+,46-44+,47-45+/t58-/m1/s1. The van der Waals surface area contributed by atoms with Crippen molar-refractivity contribution in [2.24, 2.45) is 0 Å². The number of hydrogen-bond acceptors (Lipinski definition) is 7. The van der Waals surface area contributed by atoms with E-state index < -0.39 is 32.5 Å². The van der Waals surface area contributed by atoms with Crippen LogP contribution < -0.4 is 0 Å². The Kier molecular flexibility index (Phi) is 50.8. The van der Waals surface area contributed by atoms with E-state index in [9.17, 15) is 19.0 Å². The summed E-state index contributed by atoms with van der Waals surface area (Å²) in [7, 11) is 1.45. The fourth-order valence-corrected chi connectivity index (χ4v) is 9.25. The number of hydrogen-bond donors (Lipinski definition) is 1. The van der Waals surface area contributed by atoms with E-state index in [-0.39, 0.29) is 26.1 Å². The van der Waals surface area contributed by atoms with Crippen LogP contribution >= 0.6 is 7.82 Å². The molecule has 2 atom stereocenters. The van der Waals surface area contributed by atoms with E-state index in [0.29, 0.717) is 23.9 Å². The Morgan fingerprint density at radius 1 is 0.429 bits per heavy atom. The molecule has 0 bridgehead atoms. The Morgan fingerprint density at radius 2 is 0.743 bits per heavy atom. The number of esters is 2. The lowest BCUT2D eigenvalue weighted by Gasteiger charge is -2.24. The summed E-state index contributed by atoms with van der Waals surface area (Å²) in [6, 6.07) is 0. The van der Waals surface area contributed by atoms with Gasteiger partial charge in [-0.3, -0.25) is 18.6 Å². The molecule has 0 heterocycles. The Balaban J connectivity index is 4.21. The average Bonchev–Trinajstić information content (AvgIpc) is 3.32. The third kappa shape index (κ3) is 55.5. The first-order valence-corrected chi connectivity index (χ1v) is 31.2. The van der Waals surface area contributed by atoms with Crippen molar-refractivity contribution in [3.8, 4) is 0 Å². The number of quaternary nitrogens is 1. The van der Waals surface area contributed by atoms with E-state index >= 15 is 0 Å². The van der Waals surface area contributed by atoms with Crippen molar-refractivity contribution in [1.29, 1.82) is 0 Å². The molecule has 9 nitrogen and oxygen atoms in total. The Labute approximate surface area is 433 Å². The van der Waals surface area contributed by atoms with Crippen molar-refractivity contribution < 1.29 is 42.1 Å². The molecule has 0 saturated heterocycles. The normalized spacial score (nSPS) is 13.5. The third-order valence-corrected chi connectivity index (χ3v) is 14.1. The maximum absolute atomic E-state index is 12.8. The summed E-state index contributed by atoms with van der Waals surface area (Å²) in [5, 5.41) is 0. The molecule has 0 aliphatic heterocycles. The summed E-state index contributed by atoms with van der Waals surface area (Å²) in [5.41, 5.74) is 0. The second-order valence-corrected chi connectivity index (χ2v) is 22.8. The lowest BCUT2D eigenvalue weighted by atomic mass is 10.0. The monoisotopic (exact) mass is 1010 g/mol. The van der Waals surface area contributed by atoms with E-state index in [1.165, 1.54) is 205 Å². The maximum atomic E-state index is 12.8. The van der Waals surface area contributed by atoms with Crippen LogP contribution in [0.15, 0.2) is 36.5 Å². The van der Waals surface area contributed by atoms with Gasteiger partial charge in [0.25, 0.3) is 0 Å². The molecule has 0 saturated carbocycles. The number of allylic oxidation sites excluding steroid dienone is 6. The summed E-state index contributed by atoms with van der Waals surface area (Å²) in [4.78, 5) is 35.6. The molecule has 0 radical (unpaired) electrons. The first-order valence-electron chi connectivity index (χ1n) is 29.7. The molecule has 0 aromatic carbocycles. The van der Waals surface area contributed by atoms with Gasteiger partial charge in [-0.15, -0.1) is 0 Å². The predicted molar refractivity (Wildman–Crippen MR) is 298 cm³/mol. The third-order valence-electron chi connectivity index (χ3n) is 13.1. The fraction of sp³-hybridized carbons (Fsp3) is 0.867. The van der Waals surface area contributed by atoms with E-state index in [2.05, 4.69) is 50.3 Å². The van der Waals surface area contributed by atoms with E-state index in [1.807, 2.05) is 21.1 Å². The van der Waals surface area contributed by atoms with Gasteiger partial charge in [0.2, 0.25) is 0 Å². The van der Waals surface area contributed by atoms with Crippen LogP contribution in [0.4, 0.5) is 0 Å². The molecule has 70 heavy (non-hydrogen) atoms. The van der Waals surface area contributed by atoms with Crippen LogP contribution in [-0.4, -0.2) is 74.9 Å². The minimum absolute atomic E-state index is 0.0223. The zero-order chi connectivity index (χ0) is 51.3. The predicted octanol–water partition coefficient (Wildman–Crippen LogP) is 18.4. The highest BCUT2D eigenvalue weighted by molar-refractivity contribution is 7.47. The first-order chi connectivity index (χ1) is 34.0. The van der Waals surface area contributed by atoms with Gasteiger partial charge in [0.15, 0.2) is 6.10 Å². The SMILES string of the molecule is CCCCCCCCCCCCCCCC/C=C/CC/C=C/CCCC(=O)OC[C@H](COP(=O)(O)OCC[N+](C)(C)C)OC(=O)CCC/C=C/CCCCCCCCCCCCCCCCCCCC. The molecule has 0 spiro atoms. The van der Waals surface area contributed by atoms with Crippen LogP contribution in [0.2, 0.25) is 0 Å². The zero-order valence-electron chi connectivity index (χ0n) is 46.8. The van der Waals surface area contributed by atoms with Crippen molar-refractivity contribution in [1.82, 2.24) is 0 Å². The molecule has 10 heteroatoms. The van der Waals surface area contributed by atoms with Gasteiger partial charge < -0.3 is 18.9 Å². The smallest absolute Gasteiger partial charge is 0.462 e. The molecule has 1 N–H and O–H groups in total. The summed E-state index contributed by atoms with van der Waals surface area (Å²) >= 11 is 0. The Bertz CT molecular complexity index is 1280. The first kappa shape index (κ1) is 68.2. The van der Waals surface area contributed by atoms with E-state index in [0.717, 1.165) is 38.5 Å².